The van der Waals surface area contributed by atoms with E-state index in [0.717, 1.165) is 0 Å². The maximum absolute atomic E-state index is 11.8. The number of hydrogen-bond acceptors (Lipinski definition) is 6. The summed E-state index contributed by atoms with van der Waals surface area (Å²) in [5, 5.41) is 18.1. The van der Waals surface area contributed by atoms with Gasteiger partial charge in [0.15, 0.2) is 0 Å². The zero-order valence-corrected chi connectivity index (χ0v) is 17.9. The number of rotatable bonds is 5. The highest BCUT2D eigenvalue weighted by Gasteiger charge is 2.33. The van der Waals surface area contributed by atoms with Crippen molar-refractivity contribution < 1.29 is 9.53 Å². The monoisotopic (exact) mass is 425 g/mol. The van der Waals surface area contributed by atoms with Crippen LogP contribution in [-0.2, 0) is 9.53 Å². The van der Waals surface area contributed by atoms with E-state index in [1.54, 1.807) is 29.3 Å². The fourth-order valence-electron chi connectivity index (χ4n) is 3.24. The SMILES string of the molecule is COC(=O)CC[C@@H]1N=C(c2ccccn2)c2cc(Cl)ccc2N(C(=N)C(C)C)C1=N. The molecular formula is C22H24ClN5O2. The van der Waals surface area contributed by atoms with Crippen molar-refractivity contribution in [3.63, 3.8) is 0 Å². The summed E-state index contributed by atoms with van der Waals surface area (Å²) < 4.78 is 4.77. The number of methoxy groups -OCH3 is 1. The van der Waals surface area contributed by atoms with Gasteiger partial charge >= 0.3 is 5.97 Å². The third-order valence-electron chi connectivity index (χ3n) is 4.84. The predicted octanol–water partition coefficient (Wildman–Crippen LogP) is 4.32. The molecule has 8 heteroatoms. The number of esters is 1. The molecule has 1 aromatic carbocycles. The van der Waals surface area contributed by atoms with E-state index >= 15 is 0 Å². The molecule has 2 N–H and O–H groups in total. The van der Waals surface area contributed by atoms with Crippen molar-refractivity contribution in [2.75, 3.05) is 12.0 Å². The lowest BCUT2D eigenvalue weighted by Crippen LogP contribution is -2.43. The number of aromatic nitrogens is 1. The Bertz CT molecular complexity index is 1000. The number of nitrogens with one attached hydrogen (secondary N) is 2. The number of fused-ring (bicyclic) bond motifs is 1. The summed E-state index contributed by atoms with van der Waals surface area (Å²) in [5.41, 5.74) is 2.55. The summed E-state index contributed by atoms with van der Waals surface area (Å²) in [6, 6.07) is 10.2. The Hall–Kier alpha value is -3.06. The minimum absolute atomic E-state index is 0.114. The van der Waals surface area contributed by atoms with Gasteiger partial charge in [-0.25, -0.2) is 0 Å². The molecule has 0 amide bonds. The Morgan fingerprint density at radius 3 is 2.70 bits per heavy atom. The van der Waals surface area contributed by atoms with Crippen molar-refractivity contribution in [1.82, 2.24) is 4.98 Å². The molecule has 156 valence electrons. The molecule has 1 aliphatic rings. The standard InChI is InChI=1S/C22H24ClN5O2/c1-13(2)21(24)28-18-9-7-14(23)12-15(18)20(16-6-4-5-11-26-16)27-17(22(28)25)8-10-19(29)30-3/h4-7,9,11-13,17,24-25H,8,10H2,1-3H3/t17-/m0/s1. The highest BCUT2D eigenvalue weighted by molar-refractivity contribution is 6.32. The van der Waals surface area contributed by atoms with Crippen LogP contribution in [0.2, 0.25) is 5.02 Å². The van der Waals surface area contributed by atoms with E-state index in [1.165, 1.54) is 7.11 Å². The summed E-state index contributed by atoms with van der Waals surface area (Å²) in [6.07, 6.45) is 2.07. The number of carbonyl (C=O) groups is 1. The molecule has 0 unspecified atom stereocenters. The van der Waals surface area contributed by atoms with E-state index < -0.39 is 6.04 Å². The minimum atomic E-state index is -0.647. The number of benzodiazepines with no additional fused rings is 1. The summed E-state index contributed by atoms with van der Waals surface area (Å²) in [4.78, 5) is 22.6. The number of carbonyl (C=O) groups excluding carboxylic acids is 1. The van der Waals surface area contributed by atoms with Crippen LogP contribution >= 0.6 is 11.6 Å². The van der Waals surface area contributed by atoms with Gasteiger partial charge in [-0.3, -0.25) is 30.5 Å². The lowest BCUT2D eigenvalue weighted by molar-refractivity contribution is -0.140. The van der Waals surface area contributed by atoms with Gasteiger partial charge in [-0.1, -0.05) is 31.5 Å². The van der Waals surface area contributed by atoms with E-state index in [1.807, 2.05) is 32.0 Å². The van der Waals surface area contributed by atoms with E-state index in [4.69, 9.17) is 32.1 Å². The Kier molecular flexibility index (Phi) is 6.62. The normalized spacial score (nSPS) is 16.0. The fourth-order valence-corrected chi connectivity index (χ4v) is 3.41. The van der Waals surface area contributed by atoms with Gasteiger partial charge in [-0.05, 0) is 36.8 Å². The molecule has 0 saturated heterocycles. The number of hydrogen-bond donors (Lipinski definition) is 2. The van der Waals surface area contributed by atoms with E-state index in [9.17, 15) is 4.79 Å². The van der Waals surface area contributed by atoms with Crippen molar-refractivity contribution in [3.8, 4) is 0 Å². The van der Waals surface area contributed by atoms with Gasteiger partial charge in [0.25, 0.3) is 0 Å². The van der Waals surface area contributed by atoms with Crippen LogP contribution in [0.3, 0.4) is 0 Å². The molecule has 0 spiro atoms. The molecule has 0 radical (unpaired) electrons. The Morgan fingerprint density at radius 2 is 2.07 bits per heavy atom. The number of halogens is 1. The zero-order valence-electron chi connectivity index (χ0n) is 17.1. The van der Waals surface area contributed by atoms with Crippen LogP contribution in [0.5, 0.6) is 0 Å². The lowest BCUT2D eigenvalue weighted by atomic mass is 10.0. The molecule has 1 aliphatic heterocycles. The van der Waals surface area contributed by atoms with Gasteiger partial charge in [0.1, 0.15) is 17.7 Å². The second kappa shape index (κ2) is 9.17. The van der Waals surface area contributed by atoms with E-state index in [2.05, 4.69) is 4.98 Å². The van der Waals surface area contributed by atoms with Gasteiger partial charge < -0.3 is 4.74 Å². The number of anilines is 1. The van der Waals surface area contributed by atoms with Gasteiger partial charge in [0.05, 0.1) is 24.2 Å². The van der Waals surface area contributed by atoms with Crippen LogP contribution in [0.4, 0.5) is 5.69 Å². The first-order chi connectivity index (χ1) is 14.3. The highest BCUT2D eigenvalue weighted by atomic mass is 35.5. The molecule has 1 atom stereocenters. The van der Waals surface area contributed by atoms with E-state index in [-0.39, 0.29) is 36.4 Å². The Labute approximate surface area is 180 Å². The molecule has 7 nitrogen and oxygen atoms in total. The van der Waals surface area contributed by atoms with Gasteiger partial charge in [-0.2, -0.15) is 0 Å². The van der Waals surface area contributed by atoms with Crippen molar-refractivity contribution in [2.45, 2.75) is 32.7 Å². The second-order valence-electron chi connectivity index (χ2n) is 7.25. The third kappa shape index (κ3) is 4.41. The third-order valence-corrected chi connectivity index (χ3v) is 5.08. The summed E-state index contributed by atoms with van der Waals surface area (Å²) in [6.45, 7) is 3.81. The lowest BCUT2D eigenvalue weighted by Gasteiger charge is -2.29. The molecule has 1 aromatic heterocycles. The average Bonchev–Trinajstić information content (AvgIpc) is 2.86. The Morgan fingerprint density at radius 1 is 1.30 bits per heavy atom. The first-order valence-electron chi connectivity index (χ1n) is 9.66. The maximum Gasteiger partial charge on any atom is 0.305 e. The van der Waals surface area contributed by atoms with Crippen LogP contribution in [0.15, 0.2) is 47.6 Å². The molecule has 2 heterocycles. The van der Waals surface area contributed by atoms with Gasteiger partial charge in [0, 0.05) is 29.1 Å². The molecule has 2 aromatic rings. The first kappa shape index (κ1) is 21.6. The Balaban J connectivity index is 2.21. The van der Waals surface area contributed by atoms with Crippen LogP contribution in [0.25, 0.3) is 0 Å². The predicted molar refractivity (Wildman–Crippen MR) is 119 cm³/mol. The number of amidine groups is 2. The number of pyridine rings is 1. The molecular weight excluding hydrogens is 402 g/mol. The largest absolute Gasteiger partial charge is 0.469 e. The van der Waals surface area contributed by atoms with E-state index in [0.29, 0.717) is 27.7 Å². The smallest absolute Gasteiger partial charge is 0.305 e. The maximum atomic E-state index is 11.8. The molecule has 0 aliphatic carbocycles. The highest BCUT2D eigenvalue weighted by Crippen LogP contribution is 2.32. The average molecular weight is 426 g/mol. The number of aliphatic imine (C=N–C) groups is 1. The molecule has 0 saturated carbocycles. The van der Waals surface area contributed by atoms with Crippen LogP contribution in [0.1, 0.15) is 37.9 Å². The molecule has 3 rings (SSSR count). The summed E-state index contributed by atoms with van der Waals surface area (Å²) in [7, 11) is 1.34. The molecule has 0 bridgehead atoms. The van der Waals surface area contributed by atoms with Crippen molar-refractivity contribution in [1.29, 1.82) is 10.8 Å². The first-order valence-corrected chi connectivity index (χ1v) is 10.0. The number of nitrogens with zero attached hydrogens (tertiary/aromatic N) is 3. The number of benzene rings is 1. The van der Waals surface area contributed by atoms with Crippen LogP contribution in [-0.4, -0.2) is 41.5 Å². The summed E-state index contributed by atoms with van der Waals surface area (Å²) in [5.74, 6) is -0.0876. The minimum Gasteiger partial charge on any atom is -0.469 e. The van der Waals surface area contributed by atoms with Crippen molar-refractivity contribution in [2.24, 2.45) is 10.9 Å². The number of ether oxygens (including phenoxy) is 1. The van der Waals surface area contributed by atoms with Crippen molar-refractivity contribution in [3.05, 3.63) is 58.9 Å². The van der Waals surface area contributed by atoms with Gasteiger partial charge in [-0.15, -0.1) is 0 Å². The van der Waals surface area contributed by atoms with Crippen LogP contribution in [0, 0.1) is 16.7 Å². The fraction of sp³-hybridized carbons (Fsp3) is 0.318. The second-order valence-corrected chi connectivity index (χ2v) is 7.68. The molecule has 0 fully saturated rings. The quantitative estimate of drug-likeness (QED) is 0.423. The van der Waals surface area contributed by atoms with Crippen molar-refractivity contribution >= 4 is 40.6 Å². The topological polar surface area (TPSA) is 102 Å². The zero-order chi connectivity index (χ0) is 21.8. The van der Waals surface area contributed by atoms with Gasteiger partial charge in [0.2, 0.25) is 0 Å². The van der Waals surface area contributed by atoms with Crippen LogP contribution < -0.4 is 4.90 Å². The molecule has 30 heavy (non-hydrogen) atoms. The summed E-state index contributed by atoms with van der Waals surface area (Å²) >= 11 is 6.30.